The Bertz CT molecular complexity index is 526. The van der Waals surface area contributed by atoms with Gasteiger partial charge in [-0.1, -0.05) is 19.1 Å². The molecular formula is C12H16O6S. The van der Waals surface area contributed by atoms with Crippen molar-refractivity contribution in [3.63, 3.8) is 0 Å². The zero-order valence-corrected chi connectivity index (χ0v) is 11.7. The average Bonchev–Trinajstić information content (AvgIpc) is 2.55. The molecule has 0 amide bonds. The fourth-order valence-electron chi connectivity index (χ4n) is 1.53. The third-order valence-electron chi connectivity index (χ3n) is 2.37. The van der Waals surface area contributed by atoms with E-state index in [1.807, 2.05) is 6.92 Å². The Labute approximate surface area is 112 Å². The van der Waals surface area contributed by atoms with E-state index in [1.54, 1.807) is 12.2 Å². The highest BCUT2D eigenvalue weighted by Crippen LogP contribution is 2.23. The van der Waals surface area contributed by atoms with Crippen LogP contribution < -0.4 is 0 Å². The fourth-order valence-corrected chi connectivity index (χ4v) is 1.95. The second kappa shape index (κ2) is 6.63. The van der Waals surface area contributed by atoms with Crippen LogP contribution in [0.5, 0.6) is 0 Å². The second-order valence-corrected chi connectivity index (χ2v) is 5.65. The monoisotopic (exact) mass is 288 g/mol. The van der Waals surface area contributed by atoms with Crippen LogP contribution in [-0.4, -0.2) is 33.2 Å². The summed E-state index contributed by atoms with van der Waals surface area (Å²) in [7, 11) is -3.49. The molecule has 0 aromatic carbocycles. The molecule has 0 radical (unpaired) electrons. The van der Waals surface area contributed by atoms with Gasteiger partial charge in [-0.05, 0) is 19.3 Å². The van der Waals surface area contributed by atoms with Crippen LogP contribution in [-0.2, 0) is 28.6 Å². The van der Waals surface area contributed by atoms with Gasteiger partial charge in [-0.25, -0.2) is 9.59 Å². The Morgan fingerprint density at radius 2 is 1.95 bits per heavy atom. The SMILES string of the molecule is CC/C=C/C1=C(CCCOS(C)(=O)=O)C(=O)OC1=O. The van der Waals surface area contributed by atoms with Crippen LogP contribution in [0.4, 0.5) is 0 Å². The number of hydrogen-bond acceptors (Lipinski definition) is 6. The van der Waals surface area contributed by atoms with Crippen molar-refractivity contribution < 1.29 is 26.9 Å². The van der Waals surface area contributed by atoms with E-state index in [0.29, 0.717) is 6.42 Å². The van der Waals surface area contributed by atoms with E-state index in [1.165, 1.54) is 0 Å². The molecule has 106 valence electrons. The van der Waals surface area contributed by atoms with Crippen molar-refractivity contribution in [2.75, 3.05) is 12.9 Å². The summed E-state index contributed by atoms with van der Waals surface area (Å²) >= 11 is 0. The second-order valence-electron chi connectivity index (χ2n) is 4.01. The summed E-state index contributed by atoms with van der Waals surface area (Å²) in [6.45, 7) is 1.87. The van der Waals surface area contributed by atoms with Gasteiger partial charge in [-0.15, -0.1) is 0 Å². The Kier molecular flexibility index (Phi) is 5.44. The van der Waals surface area contributed by atoms with Gasteiger partial charge in [0, 0.05) is 0 Å². The molecule has 6 nitrogen and oxygen atoms in total. The molecule has 1 aliphatic heterocycles. The maximum absolute atomic E-state index is 11.5. The first-order chi connectivity index (χ1) is 8.85. The largest absolute Gasteiger partial charge is 0.386 e. The van der Waals surface area contributed by atoms with E-state index < -0.39 is 22.1 Å². The number of esters is 2. The topological polar surface area (TPSA) is 86.7 Å². The van der Waals surface area contributed by atoms with Crippen molar-refractivity contribution in [3.05, 3.63) is 23.3 Å². The minimum atomic E-state index is -3.49. The van der Waals surface area contributed by atoms with E-state index in [4.69, 9.17) is 0 Å². The summed E-state index contributed by atoms with van der Waals surface area (Å²) in [6.07, 6.45) is 5.55. The predicted molar refractivity (Wildman–Crippen MR) is 67.6 cm³/mol. The number of carbonyl (C=O) groups excluding carboxylic acids is 2. The number of allylic oxidation sites excluding steroid dienone is 1. The summed E-state index contributed by atoms with van der Waals surface area (Å²) in [5, 5.41) is 0. The molecule has 7 heteroatoms. The molecular weight excluding hydrogens is 272 g/mol. The molecule has 0 saturated carbocycles. The number of rotatable bonds is 7. The van der Waals surface area contributed by atoms with E-state index >= 15 is 0 Å². The summed E-state index contributed by atoms with van der Waals surface area (Å²) in [6, 6.07) is 0. The molecule has 0 bridgehead atoms. The summed E-state index contributed by atoms with van der Waals surface area (Å²) < 4.78 is 30.6. The zero-order valence-electron chi connectivity index (χ0n) is 10.8. The van der Waals surface area contributed by atoms with Crippen LogP contribution >= 0.6 is 0 Å². The van der Waals surface area contributed by atoms with Gasteiger partial charge >= 0.3 is 11.9 Å². The van der Waals surface area contributed by atoms with Crippen molar-refractivity contribution in [1.82, 2.24) is 0 Å². The summed E-state index contributed by atoms with van der Waals surface area (Å²) in [4.78, 5) is 22.9. The Hall–Kier alpha value is -1.47. The number of carbonyl (C=O) groups is 2. The van der Waals surface area contributed by atoms with Crippen LogP contribution in [0.1, 0.15) is 26.2 Å². The van der Waals surface area contributed by atoms with E-state index in [-0.39, 0.29) is 24.2 Å². The van der Waals surface area contributed by atoms with Gasteiger partial charge in [0.05, 0.1) is 24.0 Å². The minimum Gasteiger partial charge on any atom is -0.386 e. The zero-order chi connectivity index (χ0) is 14.5. The average molecular weight is 288 g/mol. The predicted octanol–water partition coefficient (Wildman–Crippen LogP) is 1.09. The van der Waals surface area contributed by atoms with Gasteiger partial charge in [0.15, 0.2) is 0 Å². The van der Waals surface area contributed by atoms with Crippen LogP contribution in [0.15, 0.2) is 23.3 Å². The van der Waals surface area contributed by atoms with E-state index in [9.17, 15) is 18.0 Å². The molecule has 0 N–H and O–H groups in total. The molecule has 0 atom stereocenters. The van der Waals surface area contributed by atoms with Crippen LogP contribution in [0.2, 0.25) is 0 Å². The van der Waals surface area contributed by atoms with Gasteiger partial charge < -0.3 is 4.74 Å². The Morgan fingerprint density at radius 1 is 1.26 bits per heavy atom. The first kappa shape index (κ1) is 15.6. The Balaban J connectivity index is 2.66. The summed E-state index contributed by atoms with van der Waals surface area (Å²) in [5.41, 5.74) is 0.512. The van der Waals surface area contributed by atoms with Crippen LogP contribution in [0.25, 0.3) is 0 Å². The van der Waals surface area contributed by atoms with Crippen molar-refractivity contribution in [2.45, 2.75) is 26.2 Å². The van der Waals surface area contributed by atoms with Crippen molar-refractivity contribution in [2.24, 2.45) is 0 Å². The van der Waals surface area contributed by atoms with Gasteiger partial charge in [0.1, 0.15) is 0 Å². The lowest BCUT2D eigenvalue weighted by Gasteiger charge is -2.01. The van der Waals surface area contributed by atoms with Gasteiger partial charge in [0.25, 0.3) is 10.1 Å². The highest BCUT2D eigenvalue weighted by molar-refractivity contribution is 7.85. The lowest BCUT2D eigenvalue weighted by atomic mass is 10.0. The van der Waals surface area contributed by atoms with E-state index in [2.05, 4.69) is 8.92 Å². The van der Waals surface area contributed by atoms with Gasteiger partial charge in [-0.2, -0.15) is 8.42 Å². The van der Waals surface area contributed by atoms with Gasteiger partial charge in [-0.3, -0.25) is 4.18 Å². The van der Waals surface area contributed by atoms with E-state index in [0.717, 1.165) is 12.7 Å². The molecule has 1 aliphatic rings. The smallest absolute Gasteiger partial charge is 0.346 e. The fraction of sp³-hybridized carbons (Fsp3) is 0.500. The normalized spacial score (nSPS) is 16.5. The molecule has 0 saturated heterocycles. The number of ether oxygens (including phenoxy) is 1. The number of hydrogen-bond donors (Lipinski definition) is 0. The quantitative estimate of drug-likeness (QED) is 0.301. The standard InChI is InChI=1S/C12H16O6S/c1-3-4-6-9-10(12(14)18-11(9)13)7-5-8-17-19(2,15)16/h4,6H,3,5,7-8H2,1-2H3/b6-4+. The third-order valence-corrected chi connectivity index (χ3v) is 2.96. The molecule has 0 spiro atoms. The summed E-state index contributed by atoms with van der Waals surface area (Å²) in [5.74, 6) is -1.33. The van der Waals surface area contributed by atoms with Crippen LogP contribution in [0, 0.1) is 0 Å². The maximum Gasteiger partial charge on any atom is 0.346 e. The molecule has 19 heavy (non-hydrogen) atoms. The minimum absolute atomic E-state index is 0.0332. The van der Waals surface area contributed by atoms with Gasteiger partial charge in [0.2, 0.25) is 0 Å². The molecule has 0 fully saturated rings. The maximum atomic E-state index is 11.5. The van der Waals surface area contributed by atoms with Crippen LogP contribution in [0.3, 0.4) is 0 Å². The third kappa shape index (κ3) is 4.96. The van der Waals surface area contributed by atoms with Crippen molar-refractivity contribution >= 4 is 22.1 Å². The van der Waals surface area contributed by atoms with Crippen molar-refractivity contribution in [3.8, 4) is 0 Å². The molecule has 1 heterocycles. The van der Waals surface area contributed by atoms with Crippen molar-refractivity contribution in [1.29, 1.82) is 0 Å². The first-order valence-corrected chi connectivity index (χ1v) is 7.67. The molecule has 0 aromatic heterocycles. The highest BCUT2D eigenvalue weighted by Gasteiger charge is 2.30. The molecule has 0 aliphatic carbocycles. The molecule has 0 unspecified atom stereocenters. The molecule has 1 rings (SSSR count). The molecule has 0 aromatic rings. The number of cyclic esters (lactones) is 2. The highest BCUT2D eigenvalue weighted by atomic mass is 32.2. The Morgan fingerprint density at radius 3 is 2.53 bits per heavy atom. The lowest BCUT2D eigenvalue weighted by molar-refractivity contribution is -0.151. The first-order valence-electron chi connectivity index (χ1n) is 5.85. The lowest BCUT2D eigenvalue weighted by Crippen LogP contribution is -2.06.